The zero-order valence-corrected chi connectivity index (χ0v) is 14.0. The summed E-state index contributed by atoms with van der Waals surface area (Å²) in [5.74, 6) is -0.137. The zero-order valence-electron chi connectivity index (χ0n) is 14.0. The summed E-state index contributed by atoms with van der Waals surface area (Å²) in [4.78, 5) is 28.1. The van der Waals surface area contributed by atoms with Crippen molar-refractivity contribution in [1.29, 1.82) is 0 Å². The summed E-state index contributed by atoms with van der Waals surface area (Å²) in [6.07, 6.45) is 4.70. The topological polar surface area (TPSA) is 53.9 Å². The lowest BCUT2D eigenvalue weighted by atomic mass is 9.92. The number of amides is 3. The summed E-state index contributed by atoms with van der Waals surface area (Å²) in [7, 11) is 0. The van der Waals surface area contributed by atoms with Crippen LogP contribution in [0.2, 0.25) is 0 Å². The summed E-state index contributed by atoms with van der Waals surface area (Å²) < 4.78 is 0. The van der Waals surface area contributed by atoms with E-state index >= 15 is 0 Å². The van der Waals surface area contributed by atoms with Crippen molar-refractivity contribution in [3.05, 3.63) is 35.9 Å². The summed E-state index contributed by atoms with van der Waals surface area (Å²) in [6, 6.07) is 9.77. The van der Waals surface area contributed by atoms with Crippen LogP contribution in [0, 0.1) is 0 Å². The van der Waals surface area contributed by atoms with Gasteiger partial charge in [-0.05, 0) is 38.2 Å². The van der Waals surface area contributed by atoms with Gasteiger partial charge in [0.2, 0.25) is 0 Å². The fraction of sp³-hybridized carbons (Fsp3) is 0.556. The van der Waals surface area contributed by atoms with Gasteiger partial charge in [0.25, 0.3) is 5.91 Å². The van der Waals surface area contributed by atoms with Crippen molar-refractivity contribution >= 4 is 11.9 Å². The van der Waals surface area contributed by atoms with Crippen LogP contribution in [-0.2, 0) is 10.3 Å². The molecule has 2 N–H and O–H groups in total. The van der Waals surface area contributed by atoms with Crippen LogP contribution in [0.4, 0.5) is 4.79 Å². The van der Waals surface area contributed by atoms with Crippen LogP contribution in [0.1, 0.15) is 45.1 Å². The first kappa shape index (κ1) is 16.0. The number of quaternary nitrogens is 1. The second-order valence-electron chi connectivity index (χ2n) is 6.82. The highest BCUT2D eigenvalue weighted by Gasteiger charge is 2.50. The minimum absolute atomic E-state index is 0.137. The van der Waals surface area contributed by atoms with Gasteiger partial charge in [0.1, 0.15) is 5.54 Å². The smallest absolute Gasteiger partial charge is 0.319 e. The van der Waals surface area contributed by atoms with Crippen molar-refractivity contribution in [3.63, 3.8) is 0 Å². The van der Waals surface area contributed by atoms with Crippen LogP contribution in [0.25, 0.3) is 0 Å². The Labute approximate surface area is 137 Å². The second kappa shape index (κ2) is 6.32. The van der Waals surface area contributed by atoms with E-state index in [4.69, 9.17) is 0 Å². The van der Waals surface area contributed by atoms with Crippen LogP contribution < -0.4 is 10.2 Å². The number of hydrogen-bond acceptors (Lipinski definition) is 2. The Morgan fingerprint density at radius 1 is 1.26 bits per heavy atom. The van der Waals surface area contributed by atoms with Crippen LogP contribution in [-0.4, -0.2) is 36.1 Å². The first-order valence-corrected chi connectivity index (χ1v) is 8.60. The Morgan fingerprint density at radius 2 is 2.00 bits per heavy atom. The van der Waals surface area contributed by atoms with E-state index in [2.05, 4.69) is 12.2 Å². The lowest BCUT2D eigenvalue weighted by Crippen LogP contribution is -3.18. The van der Waals surface area contributed by atoms with E-state index in [1.165, 1.54) is 29.1 Å². The Balaban J connectivity index is 1.79. The van der Waals surface area contributed by atoms with Gasteiger partial charge in [-0.25, -0.2) is 9.69 Å². The number of benzene rings is 1. The Hall–Kier alpha value is -1.88. The van der Waals surface area contributed by atoms with E-state index in [0.717, 1.165) is 18.5 Å². The van der Waals surface area contributed by atoms with E-state index in [-0.39, 0.29) is 11.9 Å². The summed E-state index contributed by atoms with van der Waals surface area (Å²) in [5, 5.41) is 2.89. The molecule has 2 heterocycles. The van der Waals surface area contributed by atoms with Gasteiger partial charge >= 0.3 is 6.03 Å². The minimum Gasteiger partial charge on any atom is -0.319 e. The maximum atomic E-state index is 12.9. The zero-order chi connectivity index (χ0) is 16.4. The van der Waals surface area contributed by atoms with Crippen molar-refractivity contribution in [1.82, 2.24) is 10.2 Å². The standard InChI is InChI=1S/C18H25N3O2/c1-3-15-11-7-8-12-20(15)13-21-16(22)18(2,19-17(21)23)14-9-5-4-6-10-14/h4-6,9-10,15H,3,7-8,11-13H2,1-2H3,(H,19,23)/p+1/t15-,18+/m0/s1. The molecule has 0 radical (unpaired) electrons. The monoisotopic (exact) mass is 316 g/mol. The lowest BCUT2D eigenvalue weighted by Gasteiger charge is -2.33. The van der Waals surface area contributed by atoms with Crippen molar-refractivity contribution in [2.24, 2.45) is 0 Å². The third kappa shape index (κ3) is 2.85. The largest absolute Gasteiger partial charge is 0.329 e. The number of imide groups is 1. The molecule has 1 unspecified atom stereocenters. The molecule has 3 rings (SSSR count). The van der Waals surface area contributed by atoms with Crippen LogP contribution >= 0.6 is 0 Å². The van der Waals surface area contributed by atoms with Crippen LogP contribution in [0.3, 0.4) is 0 Å². The SMILES string of the molecule is CC[C@H]1CCCC[NH+]1CN1C(=O)N[C@](C)(c2ccccc2)C1=O. The van der Waals surface area contributed by atoms with Gasteiger partial charge in [0, 0.05) is 0 Å². The Bertz CT molecular complexity index is 589. The number of rotatable bonds is 4. The Kier molecular flexibility index (Phi) is 4.39. The molecule has 5 heteroatoms. The molecule has 0 aromatic heterocycles. The molecule has 23 heavy (non-hydrogen) atoms. The summed E-state index contributed by atoms with van der Waals surface area (Å²) >= 11 is 0. The van der Waals surface area contributed by atoms with Gasteiger partial charge in [-0.3, -0.25) is 4.79 Å². The van der Waals surface area contributed by atoms with E-state index < -0.39 is 5.54 Å². The molecule has 2 fully saturated rings. The van der Waals surface area contributed by atoms with E-state index in [9.17, 15) is 9.59 Å². The predicted octanol–water partition coefficient (Wildman–Crippen LogP) is 1.26. The number of nitrogens with zero attached hydrogens (tertiary/aromatic N) is 1. The maximum Gasteiger partial charge on any atom is 0.329 e. The highest BCUT2D eigenvalue weighted by molar-refractivity contribution is 6.07. The Morgan fingerprint density at radius 3 is 2.70 bits per heavy atom. The molecule has 5 nitrogen and oxygen atoms in total. The van der Waals surface area contributed by atoms with Crippen molar-refractivity contribution in [2.75, 3.05) is 13.2 Å². The van der Waals surface area contributed by atoms with Gasteiger partial charge in [-0.1, -0.05) is 37.3 Å². The molecule has 0 saturated carbocycles. The van der Waals surface area contributed by atoms with Gasteiger partial charge in [0.05, 0.1) is 12.6 Å². The normalized spacial score (nSPS) is 31.3. The second-order valence-corrected chi connectivity index (χ2v) is 6.82. The molecule has 1 aromatic rings. The number of carbonyl (C=O) groups excluding carboxylic acids is 2. The first-order chi connectivity index (χ1) is 11.1. The third-order valence-electron chi connectivity index (χ3n) is 5.36. The average Bonchev–Trinajstić information content (AvgIpc) is 2.80. The maximum absolute atomic E-state index is 12.9. The molecule has 2 aliphatic heterocycles. The van der Waals surface area contributed by atoms with Crippen LogP contribution in [0.5, 0.6) is 0 Å². The number of urea groups is 1. The predicted molar refractivity (Wildman–Crippen MR) is 87.8 cm³/mol. The summed E-state index contributed by atoms with van der Waals surface area (Å²) in [6.45, 7) is 5.50. The number of piperidine rings is 1. The minimum atomic E-state index is -0.949. The first-order valence-electron chi connectivity index (χ1n) is 8.60. The van der Waals surface area contributed by atoms with E-state index in [1.54, 1.807) is 6.92 Å². The van der Waals surface area contributed by atoms with Crippen molar-refractivity contribution in [3.8, 4) is 0 Å². The molecule has 0 spiro atoms. The van der Waals surface area contributed by atoms with Crippen molar-refractivity contribution < 1.29 is 14.5 Å². The molecule has 2 aliphatic rings. The molecule has 2 saturated heterocycles. The average molecular weight is 316 g/mol. The summed E-state index contributed by atoms with van der Waals surface area (Å²) in [5.41, 5.74) is -0.114. The van der Waals surface area contributed by atoms with Gasteiger partial charge in [0.15, 0.2) is 6.67 Å². The molecule has 3 amide bonds. The molecule has 0 aliphatic carbocycles. The van der Waals surface area contributed by atoms with Gasteiger partial charge in [-0.15, -0.1) is 0 Å². The number of nitrogens with one attached hydrogen (secondary N) is 2. The third-order valence-corrected chi connectivity index (χ3v) is 5.36. The quantitative estimate of drug-likeness (QED) is 0.822. The fourth-order valence-electron chi connectivity index (χ4n) is 3.86. The molecular formula is C18H26N3O2+. The highest BCUT2D eigenvalue weighted by Crippen LogP contribution is 2.28. The van der Waals surface area contributed by atoms with Gasteiger partial charge in [-0.2, -0.15) is 0 Å². The molecule has 0 bridgehead atoms. The van der Waals surface area contributed by atoms with E-state index in [1.807, 2.05) is 30.3 Å². The fourth-order valence-corrected chi connectivity index (χ4v) is 3.86. The van der Waals surface area contributed by atoms with Crippen LogP contribution in [0.15, 0.2) is 30.3 Å². The van der Waals surface area contributed by atoms with Gasteiger partial charge < -0.3 is 10.2 Å². The van der Waals surface area contributed by atoms with E-state index in [0.29, 0.717) is 12.7 Å². The number of likely N-dealkylation sites (tertiary alicyclic amines) is 1. The lowest BCUT2D eigenvalue weighted by molar-refractivity contribution is -0.937. The highest BCUT2D eigenvalue weighted by atomic mass is 16.2. The van der Waals surface area contributed by atoms with Crippen molar-refractivity contribution in [2.45, 2.75) is 51.1 Å². The molecule has 1 aromatic carbocycles. The molecule has 124 valence electrons. The number of hydrogen-bond donors (Lipinski definition) is 2. The number of carbonyl (C=O) groups is 2. The molecular weight excluding hydrogens is 290 g/mol. The molecule has 3 atom stereocenters.